The zero-order valence-corrected chi connectivity index (χ0v) is 15.5. The molecule has 0 aliphatic carbocycles. The summed E-state index contributed by atoms with van der Waals surface area (Å²) in [5, 5.41) is 0. The molecule has 0 unspecified atom stereocenters. The van der Waals surface area contributed by atoms with Crippen LogP contribution in [0.2, 0.25) is 0 Å². The molecular formula is C18H19N3S3. The van der Waals surface area contributed by atoms with Crippen molar-refractivity contribution in [2.24, 2.45) is 0 Å². The maximum absolute atomic E-state index is 5.86. The minimum Gasteiger partial charge on any atom is -0.398 e. The van der Waals surface area contributed by atoms with Crippen molar-refractivity contribution in [3.05, 3.63) is 72.8 Å². The van der Waals surface area contributed by atoms with E-state index in [0.29, 0.717) is 0 Å². The number of hydrogen-bond acceptors (Lipinski definition) is 6. The zero-order chi connectivity index (χ0) is 17.4. The van der Waals surface area contributed by atoms with Gasteiger partial charge >= 0.3 is 0 Å². The third kappa shape index (κ3) is 5.63. The van der Waals surface area contributed by atoms with Gasteiger partial charge in [-0.2, -0.15) is 0 Å². The van der Waals surface area contributed by atoms with E-state index in [9.17, 15) is 0 Å². The number of hydrogen-bond donors (Lipinski definition) is 4. The molecule has 0 aromatic heterocycles. The van der Waals surface area contributed by atoms with Crippen molar-refractivity contribution >= 4 is 51.3 Å². The molecule has 3 aromatic rings. The highest BCUT2D eigenvalue weighted by Gasteiger charge is 2.02. The van der Waals surface area contributed by atoms with E-state index in [1.54, 1.807) is 21.6 Å². The predicted octanol–water partition coefficient (Wildman–Crippen LogP) is 5.21. The molecule has 0 radical (unpaired) electrons. The Kier molecular flexibility index (Phi) is 7.24. The van der Waals surface area contributed by atoms with E-state index >= 15 is 0 Å². The van der Waals surface area contributed by atoms with Crippen LogP contribution in [0.4, 0.5) is 17.1 Å². The number of para-hydroxylation sites is 3. The van der Waals surface area contributed by atoms with Gasteiger partial charge in [-0.05, 0) is 36.4 Å². The largest absolute Gasteiger partial charge is 0.398 e. The van der Waals surface area contributed by atoms with E-state index in [0.717, 1.165) is 31.7 Å². The van der Waals surface area contributed by atoms with Crippen LogP contribution in [0, 0.1) is 0 Å². The molecule has 124 valence electrons. The molecule has 0 aliphatic heterocycles. The number of thiol groups is 1. The number of benzene rings is 3. The molecule has 3 rings (SSSR count). The molecular weight excluding hydrogens is 354 g/mol. The summed E-state index contributed by atoms with van der Waals surface area (Å²) in [5.41, 5.74) is 19.5. The highest BCUT2D eigenvalue weighted by Crippen LogP contribution is 2.41. The van der Waals surface area contributed by atoms with Gasteiger partial charge in [0.1, 0.15) is 0 Å². The maximum Gasteiger partial charge on any atom is 0.0461 e. The number of nitrogen functional groups attached to an aromatic ring is 3. The van der Waals surface area contributed by atoms with E-state index in [2.05, 4.69) is 12.6 Å². The minimum absolute atomic E-state index is 0.732. The Hall–Kier alpha value is -1.89. The zero-order valence-electron chi connectivity index (χ0n) is 12.9. The molecule has 6 N–H and O–H groups in total. The Labute approximate surface area is 155 Å². The lowest BCUT2D eigenvalue weighted by molar-refractivity contribution is 1.46. The Bertz CT molecular complexity index is 727. The lowest BCUT2D eigenvalue weighted by atomic mass is 10.3. The first-order valence-corrected chi connectivity index (χ1v) is 9.74. The van der Waals surface area contributed by atoms with E-state index in [-0.39, 0.29) is 0 Å². The van der Waals surface area contributed by atoms with Gasteiger partial charge in [-0.3, -0.25) is 0 Å². The van der Waals surface area contributed by atoms with Crippen LogP contribution in [0.15, 0.2) is 87.5 Å². The lowest BCUT2D eigenvalue weighted by Crippen LogP contribution is -1.87. The molecule has 0 heterocycles. The first kappa shape index (κ1) is 18.4. The summed E-state index contributed by atoms with van der Waals surface area (Å²) in [6.07, 6.45) is 0. The molecule has 0 saturated carbocycles. The molecule has 0 spiro atoms. The van der Waals surface area contributed by atoms with Crippen molar-refractivity contribution in [2.45, 2.75) is 14.7 Å². The summed E-state index contributed by atoms with van der Waals surface area (Å²) in [4.78, 5) is 2.97. The maximum atomic E-state index is 5.86. The van der Waals surface area contributed by atoms with E-state index in [4.69, 9.17) is 17.2 Å². The van der Waals surface area contributed by atoms with Crippen molar-refractivity contribution in [1.82, 2.24) is 0 Å². The van der Waals surface area contributed by atoms with Crippen molar-refractivity contribution in [3.63, 3.8) is 0 Å². The van der Waals surface area contributed by atoms with Crippen molar-refractivity contribution < 1.29 is 0 Å². The topological polar surface area (TPSA) is 78.1 Å². The highest BCUT2D eigenvalue weighted by atomic mass is 33.1. The fraction of sp³-hybridized carbons (Fsp3) is 0. The van der Waals surface area contributed by atoms with Gasteiger partial charge in [-0.15, -0.1) is 12.6 Å². The Morgan fingerprint density at radius 3 is 1.25 bits per heavy atom. The van der Waals surface area contributed by atoms with Gasteiger partial charge in [-0.25, -0.2) is 0 Å². The lowest BCUT2D eigenvalue weighted by Gasteiger charge is -2.05. The van der Waals surface area contributed by atoms with Gasteiger partial charge in [0, 0.05) is 31.7 Å². The van der Waals surface area contributed by atoms with E-state index in [1.165, 1.54) is 0 Å². The minimum atomic E-state index is 0.732. The number of rotatable bonds is 3. The average Bonchev–Trinajstić information content (AvgIpc) is 2.59. The van der Waals surface area contributed by atoms with Gasteiger partial charge in [0.05, 0.1) is 0 Å². The third-order valence-corrected chi connectivity index (χ3v) is 5.92. The molecule has 3 aromatic carbocycles. The first-order valence-electron chi connectivity index (χ1n) is 7.15. The SMILES string of the molecule is Nc1ccccc1S.Nc1ccccc1SSc1ccccc1N. The molecule has 0 saturated heterocycles. The normalized spacial score (nSPS) is 9.88. The Morgan fingerprint density at radius 1 is 0.542 bits per heavy atom. The standard InChI is InChI=1S/C12H12N2S2.C6H7NS/c13-9-5-1-3-7-11(9)15-16-12-8-4-2-6-10(12)14;7-5-3-1-2-4-6(5)8/h1-8H,13-14H2;1-4,8H,7H2. The second kappa shape index (κ2) is 9.42. The van der Waals surface area contributed by atoms with Gasteiger partial charge in [-0.1, -0.05) is 58.0 Å². The van der Waals surface area contributed by atoms with Crippen LogP contribution < -0.4 is 17.2 Å². The van der Waals surface area contributed by atoms with E-state index in [1.807, 2.05) is 72.8 Å². The molecule has 24 heavy (non-hydrogen) atoms. The summed E-state index contributed by atoms with van der Waals surface area (Å²) < 4.78 is 0. The average molecular weight is 374 g/mol. The molecule has 3 nitrogen and oxygen atoms in total. The number of anilines is 3. The Morgan fingerprint density at radius 2 is 0.917 bits per heavy atom. The smallest absolute Gasteiger partial charge is 0.0461 e. The van der Waals surface area contributed by atoms with Gasteiger partial charge < -0.3 is 17.2 Å². The molecule has 0 atom stereocenters. The van der Waals surface area contributed by atoms with Crippen molar-refractivity contribution in [3.8, 4) is 0 Å². The fourth-order valence-electron chi connectivity index (χ4n) is 1.69. The fourth-order valence-corrected chi connectivity index (χ4v) is 4.08. The number of nitrogens with two attached hydrogens (primary N) is 3. The van der Waals surface area contributed by atoms with Crippen LogP contribution in [0.25, 0.3) is 0 Å². The molecule has 0 bridgehead atoms. The molecule has 0 fully saturated rings. The Balaban J connectivity index is 0.000000219. The summed E-state index contributed by atoms with van der Waals surface area (Å²) in [6, 6.07) is 23.1. The van der Waals surface area contributed by atoms with Gasteiger partial charge in [0.25, 0.3) is 0 Å². The quantitative estimate of drug-likeness (QED) is 0.288. The van der Waals surface area contributed by atoms with Crippen LogP contribution in [-0.2, 0) is 0 Å². The van der Waals surface area contributed by atoms with Crippen LogP contribution in [-0.4, -0.2) is 0 Å². The van der Waals surface area contributed by atoms with Crippen LogP contribution in [0.1, 0.15) is 0 Å². The molecule has 6 heteroatoms. The summed E-state index contributed by atoms with van der Waals surface area (Å²) in [7, 11) is 3.25. The van der Waals surface area contributed by atoms with Crippen LogP contribution >= 0.6 is 34.2 Å². The molecule has 0 amide bonds. The summed E-state index contributed by atoms with van der Waals surface area (Å²) >= 11 is 4.07. The highest BCUT2D eigenvalue weighted by molar-refractivity contribution is 8.76. The first-order chi connectivity index (χ1) is 11.6. The second-order valence-electron chi connectivity index (χ2n) is 4.80. The van der Waals surface area contributed by atoms with Crippen LogP contribution in [0.5, 0.6) is 0 Å². The van der Waals surface area contributed by atoms with Gasteiger partial charge in [0.2, 0.25) is 0 Å². The van der Waals surface area contributed by atoms with Crippen molar-refractivity contribution in [2.75, 3.05) is 17.2 Å². The second-order valence-corrected chi connectivity index (χ2v) is 7.50. The van der Waals surface area contributed by atoms with Gasteiger partial charge in [0.15, 0.2) is 0 Å². The monoisotopic (exact) mass is 373 g/mol. The summed E-state index contributed by atoms with van der Waals surface area (Å²) in [6.45, 7) is 0. The van der Waals surface area contributed by atoms with E-state index < -0.39 is 0 Å². The predicted molar refractivity (Wildman–Crippen MR) is 112 cm³/mol. The third-order valence-electron chi connectivity index (χ3n) is 3.00. The van der Waals surface area contributed by atoms with Crippen molar-refractivity contribution in [1.29, 1.82) is 0 Å². The van der Waals surface area contributed by atoms with Crippen LogP contribution in [0.3, 0.4) is 0 Å². The summed E-state index contributed by atoms with van der Waals surface area (Å²) in [5.74, 6) is 0. The molecule has 0 aliphatic rings.